The van der Waals surface area contributed by atoms with E-state index in [2.05, 4.69) is 5.32 Å². The number of benzene rings is 2. The second-order valence-corrected chi connectivity index (χ2v) is 9.92. The van der Waals surface area contributed by atoms with Gasteiger partial charge in [0, 0.05) is 12.6 Å². The van der Waals surface area contributed by atoms with Gasteiger partial charge in [-0.05, 0) is 64.1 Å². The molecule has 1 unspecified atom stereocenters. The van der Waals surface area contributed by atoms with Gasteiger partial charge in [0.05, 0.1) is 23.3 Å². The van der Waals surface area contributed by atoms with Crippen molar-refractivity contribution in [1.82, 2.24) is 5.32 Å². The lowest BCUT2D eigenvalue weighted by atomic mass is 10.1. The molecule has 0 aliphatic carbocycles. The number of methoxy groups -OCH3 is 1. The summed E-state index contributed by atoms with van der Waals surface area (Å²) >= 11 is 0. The van der Waals surface area contributed by atoms with E-state index in [0.29, 0.717) is 11.4 Å². The maximum absolute atomic E-state index is 13.0. The smallest absolute Gasteiger partial charge is 0.338 e. The lowest BCUT2D eigenvalue weighted by molar-refractivity contribution is -0.130. The number of amides is 1. The van der Waals surface area contributed by atoms with Gasteiger partial charge in [-0.1, -0.05) is 12.1 Å². The van der Waals surface area contributed by atoms with Gasteiger partial charge < -0.3 is 14.8 Å². The molecule has 9 heteroatoms. The van der Waals surface area contributed by atoms with Crippen molar-refractivity contribution in [1.29, 1.82) is 0 Å². The van der Waals surface area contributed by atoms with E-state index in [1.165, 1.54) is 45.3 Å². The van der Waals surface area contributed by atoms with Crippen molar-refractivity contribution in [2.45, 2.75) is 44.2 Å². The number of carbonyl (C=O) groups excluding carboxylic acids is 2. The molecule has 31 heavy (non-hydrogen) atoms. The molecule has 2 aromatic rings. The molecule has 0 heterocycles. The van der Waals surface area contributed by atoms with Gasteiger partial charge in [-0.25, -0.2) is 13.2 Å². The number of hydrogen-bond donors (Lipinski definition) is 1. The molecule has 1 N–H and O–H groups in total. The van der Waals surface area contributed by atoms with Crippen LogP contribution in [0.25, 0.3) is 0 Å². The Hall–Kier alpha value is -3.07. The Labute approximate surface area is 183 Å². The summed E-state index contributed by atoms with van der Waals surface area (Å²) in [5.74, 6) is -0.728. The van der Waals surface area contributed by atoms with E-state index in [0.717, 1.165) is 4.31 Å². The van der Waals surface area contributed by atoms with Crippen molar-refractivity contribution in [2.24, 2.45) is 0 Å². The largest absolute Gasteiger partial charge is 0.495 e. The van der Waals surface area contributed by atoms with Crippen LogP contribution in [0.2, 0.25) is 0 Å². The summed E-state index contributed by atoms with van der Waals surface area (Å²) in [6.07, 6.45) is -0.994. The van der Waals surface area contributed by atoms with E-state index >= 15 is 0 Å². The first-order chi connectivity index (χ1) is 14.4. The molecule has 0 aliphatic heterocycles. The van der Waals surface area contributed by atoms with E-state index in [1.54, 1.807) is 24.3 Å². The summed E-state index contributed by atoms with van der Waals surface area (Å²) in [6.45, 7) is 6.93. The highest BCUT2D eigenvalue weighted by molar-refractivity contribution is 7.92. The quantitative estimate of drug-likeness (QED) is 0.654. The average Bonchev–Trinajstić information content (AvgIpc) is 2.71. The summed E-state index contributed by atoms with van der Waals surface area (Å²) < 4.78 is 37.5. The van der Waals surface area contributed by atoms with Gasteiger partial charge in [0.2, 0.25) is 0 Å². The van der Waals surface area contributed by atoms with Crippen LogP contribution in [0.1, 0.15) is 38.1 Å². The third-order valence-corrected chi connectivity index (χ3v) is 6.11. The van der Waals surface area contributed by atoms with Crippen LogP contribution in [0.5, 0.6) is 5.75 Å². The number of rotatable bonds is 7. The number of ether oxygens (including phenoxy) is 2. The Morgan fingerprint density at radius 2 is 1.61 bits per heavy atom. The molecular weight excluding hydrogens is 420 g/mol. The van der Waals surface area contributed by atoms with Gasteiger partial charge in [-0.2, -0.15) is 0 Å². The third kappa shape index (κ3) is 5.97. The van der Waals surface area contributed by atoms with Crippen LogP contribution in [0.3, 0.4) is 0 Å². The van der Waals surface area contributed by atoms with E-state index in [1.807, 2.05) is 20.8 Å². The number of esters is 1. The van der Waals surface area contributed by atoms with Gasteiger partial charge >= 0.3 is 5.97 Å². The molecule has 2 rings (SSSR count). The van der Waals surface area contributed by atoms with Gasteiger partial charge in [-0.3, -0.25) is 9.10 Å². The molecule has 0 radical (unpaired) electrons. The number of sulfonamides is 1. The van der Waals surface area contributed by atoms with E-state index in [4.69, 9.17) is 9.47 Å². The van der Waals surface area contributed by atoms with Crippen LogP contribution in [0.15, 0.2) is 53.4 Å². The second kappa shape index (κ2) is 9.38. The Morgan fingerprint density at radius 3 is 2.16 bits per heavy atom. The predicted molar refractivity (Wildman–Crippen MR) is 118 cm³/mol. The maximum atomic E-state index is 13.0. The average molecular weight is 449 g/mol. The molecule has 168 valence electrons. The predicted octanol–water partition coefficient (Wildman–Crippen LogP) is 2.98. The Bertz CT molecular complexity index is 1040. The summed E-state index contributed by atoms with van der Waals surface area (Å²) in [5, 5.41) is 2.73. The van der Waals surface area contributed by atoms with Crippen LogP contribution in [0.4, 0.5) is 5.69 Å². The van der Waals surface area contributed by atoms with E-state index < -0.39 is 33.5 Å². The highest BCUT2D eigenvalue weighted by Crippen LogP contribution is 2.30. The monoisotopic (exact) mass is 448 g/mol. The van der Waals surface area contributed by atoms with Crippen molar-refractivity contribution in [2.75, 3.05) is 18.5 Å². The number of para-hydroxylation sites is 2. The molecule has 2 aromatic carbocycles. The lowest BCUT2D eigenvalue weighted by Gasteiger charge is -2.23. The van der Waals surface area contributed by atoms with Crippen molar-refractivity contribution in [3.05, 3.63) is 54.1 Å². The second-order valence-electron chi connectivity index (χ2n) is 7.96. The number of nitrogens with one attached hydrogen (secondary N) is 1. The zero-order valence-electron chi connectivity index (χ0n) is 18.5. The van der Waals surface area contributed by atoms with Gasteiger partial charge in [0.25, 0.3) is 15.9 Å². The Morgan fingerprint density at radius 1 is 1.03 bits per heavy atom. The number of carbonyl (C=O) groups is 2. The first kappa shape index (κ1) is 24.2. The molecule has 1 amide bonds. The molecule has 8 nitrogen and oxygen atoms in total. The fourth-order valence-corrected chi connectivity index (χ4v) is 3.90. The molecule has 0 spiro atoms. The highest BCUT2D eigenvalue weighted by Gasteiger charge is 2.25. The maximum Gasteiger partial charge on any atom is 0.338 e. The summed E-state index contributed by atoms with van der Waals surface area (Å²) in [4.78, 5) is 24.4. The van der Waals surface area contributed by atoms with Crippen LogP contribution in [0, 0.1) is 0 Å². The molecule has 0 bridgehead atoms. The molecule has 0 fully saturated rings. The van der Waals surface area contributed by atoms with Crippen molar-refractivity contribution < 1.29 is 27.5 Å². The number of nitrogens with zero attached hydrogens (tertiary/aromatic N) is 1. The first-order valence-electron chi connectivity index (χ1n) is 9.62. The minimum Gasteiger partial charge on any atom is -0.495 e. The van der Waals surface area contributed by atoms with Gasteiger partial charge in [0.15, 0.2) is 6.10 Å². The molecule has 0 aliphatic rings. The fourth-order valence-electron chi connectivity index (χ4n) is 2.69. The van der Waals surface area contributed by atoms with Crippen molar-refractivity contribution >= 4 is 27.6 Å². The molecular formula is C22H28N2O6S. The lowest BCUT2D eigenvalue weighted by Crippen LogP contribution is -2.46. The summed E-state index contributed by atoms with van der Waals surface area (Å²) in [6, 6.07) is 12.1. The molecule has 0 saturated heterocycles. The molecule has 0 aromatic heterocycles. The van der Waals surface area contributed by atoms with Gasteiger partial charge in [0.1, 0.15) is 5.75 Å². The molecule has 1 atom stereocenters. The Kier molecular flexibility index (Phi) is 7.32. The van der Waals surface area contributed by atoms with Crippen LogP contribution in [-0.2, 0) is 19.6 Å². The van der Waals surface area contributed by atoms with E-state index in [9.17, 15) is 18.0 Å². The number of hydrogen-bond acceptors (Lipinski definition) is 6. The Balaban J connectivity index is 2.16. The minimum atomic E-state index is -3.89. The third-order valence-electron chi connectivity index (χ3n) is 4.32. The summed E-state index contributed by atoms with van der Waals surface area (Å²) in [7, 11) is -1.00. The zero-order chi connectivity index (χ0) is 23.4. The van der Waals surface area contributed by atoms with Crippen LogP contribution >= 0.6 is 0 Å². The topological polar surface area (TPSA) is 102 Å². The normalized spacial score (nSPS) is 12.6. The standard InChI is InChI=1S/C22H28N2O6S/c1-15(20(25)23-22(2,3)4)30-21(26)16-11-13-17(14-12-16)31(27,28)24(5)18-9-7-8-10-19(18)29-6/h7-15H,1-6H3,(H,23,25). The highest BCUT2D eigenvalue weighted by atomic mass is 32.2. The first-order valence-corrected chi connectivity index (χ1v) is 11.1. The summed E-state index contributed by atoms with van der Waals surface area (Å²) in [5.41, 5.74) is 0.0581. The molecule has 0 saturated carbocycles. The van der Waals surface area contributed by atoms with Crippen LogP contribution < -0.4 is 14.4 Å². The fraction of sp³-hybridized carbons (Fsp3) is 0.364. The number of anilines is 1. The van der Waals surface area contributed by atoms with Gasteiger partial charge in [-0.15, -0.1) is 0 Å². The SMILES string of the molecule is COc1ccccc1N(C)S(=O)(=O)c1ccc(C(=O)OC(C)C(=O)NC(C)(C)C)cc1. The minimum absolute atomic E-state index is 0.00372. The van der Waals surface area contributed by atoms with Crippen molar-refractivity contribution in [3.8, 4) is 5.75 Å². The van der Waals surface area contributed by atoms with E-state index in [-0.39, 0.29) is 10.5 Å². The van der Waals surface area contributed by atoms with Crippen molar-refractivity contribution in [3.63, 3.8) is 0 Å². The zero-order valence-corrected chi connectivity index (χ0v) is 19.3. The van der Waals surface area contributed by atoms with Crippen LogP contribution in [-0.4, -0.2) is 46.1 Å².